The van der Waals surface area contributed by atoms with Gasteiger partial charge in [0.25, 0.3) is 0 Å². The molecule has 0 atom stereocenters. The van der Waals surface area contributed by atoms with E-state index in [1.165, 1.54) is 6.20 Å². The molecule has 1 aromatic carbocycles. The number of aromatic nitrogens is 3. The summed E-state index contributed by atoms with van der Waals surface area (Å²) in [5, 5.41) is 9.73. The Hall–Kier alpha value is -4.58. The van der Waals surface area contributed by atoms with Gasteiger partial charge in [0.2, 0.25) is 17.7 Å². The highest BCUT2D eigenvalue weighted by Crippen LogP contribution is 2.45. The van der Waals surface area contributed by atoms with Crippen molar-refractivity contribution in [1.82, 2.24) is 19.9 Å². The second-order valence-electron chi connectivity index (χ2n) is 10.2. The van der Waals surface area contributed by atoms with E-state index in [4.69, 9.17) is 20.0 Å². The first-order chi connectivity index (χ1) is 18.6. The van der Waals surface area contributed by atoms with Crippen LogP contribution in [0.3, 0.4) is 0 Å². The average molecular weight is 530 g/mol. The minimum Gasteiger partial charge on any atom is -0.481 e. The first-order valence-electron chi connectivity index (χ1n) is 12.5. The summed E-state index contributed by atoms with van der Waals surface area (Å²) >= 11 is 0. The summed E-state index contributed by atoms with van der Waals surface area (Å²) in [4.78, 5) is 30.1. The van der Waals surface area contributed by atoms with Gasteiger partial charge in [-0.3, -0.25) is 4.79 Å². The third-order valence-corrected chi connectivity index (χ3v) is 6.28. The number of carbonyl (C=O) groups excluding carboxylic acids is 1. The van der Waals surface area contributed by atoms with Crippen molar-refractivity contribution in [2.24, 2.45) is 5.11 Å². The summed E-state index contributed by atoms with van der Waals surface area (Å²) in [5.74, 6) is 1.49. The highest BCUT2D eigenvalue weighted by Gasteiger charge is 2.35. The normalized spacial score (nSPS) is 15.3. The van der Waals surface area contributed by atoms with Gasteiger partial charge < -0.3 is 29.9 Å². The molecule has 0 saturated carbocycles. The SMILES string of the molecule is C/C(=C/N=N)Nc1ccc2c(c1)OC(C)(C)c1nc(Nc3cnc4c(c3)N(C(=O)CN(C)C)CCO4)ncc1-2. The van der Waals surface area contributed by atoms with Crippen molar-refractivity contribution in [3.05, 3.63) is 54.3 Å². The third-order valence-electron chi connectivity index (χ3n) is 6.28. The maximum Gasteiger partial charge on any atom is 0.241 e. The number of anilines is 4. The molecule has 0 bridgehead atoms. The largest absolute Gasteiger partial charge is 0.481 e. The molecule has 0 unspecified atom stereocenters. The number of nitrogens with one attached hydrogen (secondary N) is 3. The summed E-state index contributed by atoms with van der Waals surface area (Å²) in [5.41, 5.74) is 11.6. The van der Waals surface area contributed by atoms with Crippen LogP contribution in [0, 0.1) is 5.53 Å². The molecule has 5 rings (SSSR count). The van der Waals surface area contributed by atoms with E-state index in [1.807, 2.05) is 64.0 Å². The molecule has 202 valence electrons. The fourth-order valence-electron chi connectivity index (χ4n) is 4.60. The van der Waals surface area contributed by atoms with Crippen molar-refractivity contribution in [2.45, 2.75) is 26.4 Å². The van der Waals surface area contributed by atoms with Crippen molar-refractivity contribution >= 4 is 28.9 Å². The van der Waals surface area contributed by atoms with Crippen LogP contribution in [0.2, 0.25) is 0 Å². The quantitative estimate of drug-likeness (QED) is 0.377. The highest BCUT2D eigenvalue weighted by atomic mass is 16.5. The van der Waals surface area contributed by atoms with Crippen LogP contribution in [0.15, 0.2) is 53.7 Å². The number of likely N-dealkylation sites (N-methyl/N-ethyl adjacent to an activating group) is 1. The Kier molecular flexibility index (Phi) is 6.87. The second-order valence-corrected chi connectivity index (χ2v) is 10.2. The number of fused-ring (bicyclic) bond motifs is 4. The standard InChI is InChI=1S/C27H31N9O3/c1-16(12-31-28)32-17-6-7-19-20-14-30-26(34-24(20)27(2,3)39-22(19)11-17)33-18-10-21-25(29-13-18)38-9-8-36(21)23(37)15-35(4)5/h6-7,10-14,28,32H,8-9,15H2,1-5H3,(H,30,33,34)/b16-12-,31-28?. The molecule has 0 radical (unpaired) electrons. The van der Waals surface area contributed by atoms with Gasteiger partial charge in [-0.2, -0.15) is 5.11 Å². The van der Waals surface area contributed by atoms with Crippen LogP contribution in [0.4, 0.5) is 23.0 Å². The van der Waals surface area contributed by atoms with Crippen LogP contribution >= 0.6 is 0 Å². The van der Waals surface area contributed by atoms with Crippen molar-refractivity contribution in [2.75, 3.05) is 49.3 Å². The Morgan fingerprint density at radius 3 is 2.79 bits per heavy atom. The van der Waals surface area contributed by atoms with Crippen LogP contribution in [-0.2, 0) is 10.4 Å². The molecule has 0 saturated heterocycles. The van der Waals surface area contributed by atoms with E-state index in [2.05, 4.69) is 25.7 Å². The Labute approximate surface area is 226 Å². The lowest BCUT2D eigenvalue weighted by molar-refractivity contribution is -0.119. The molecule has 0 aliphatic carbocycles. The molecule has 39 heavy (non-hydrogen) atoms. The van der Waals surface area contributed by atoms with E-state index in [0.717, 1.165) is 28.2 Å². The van der Waals surface area contributed by atoms with E-state index in [-0.39, 0.29) is 12.5 Å². The van der Waals surface area contributed by atoms with E-state index in [0.29, 0.717) is 42.1 Å². The number of nitrogens with zero attached hydrogens (tertiary/aromatic N) is 6. The third kappa shape index (κ3) is 5.36. The fourth-order valence-corrected chi connectivity index (χ4v) is 4.60. The maximum atomic E-state index is 12.8. The fraction of sp³-hybridized carbons (Fsp3) is 0.333. The summed E-state index contributed by atoms with van der Waals surface area (Å²) in [7, 11) is 3.72. The second kappa shape index (κ2) is 10.3. The van der Waals surface area contributed by atoms with Crippen LogP contribution < -0.4 is 25.0 Å². The first-order valence-corrected chi connectivity index (χ1v) is 12.5. The van der Waals surface area contributed by atoms with E-state index in [1.54, 1.807) is 17.3 Å². The molecule has 12 nitrogen and oxygen atoms in total. The predicted molar refractivity (Wildman–Crippen MR) is 148 cm³/mol. The zero-order valence-corrected chi connectivity index (χ0v) is 22.6. The summed E-state index contributed by atoms with van der Waals surface area (Å²) in [6, 6.07) is 7.63. The maximum absolute atomic E-state index is 12.8. The van der Waals surface area contributed by atoms with Crippen molar-refractivity contribution in [3.8, 4) is 22.8 Å². The van der Waals surface area contributed by atoms with Crippen LogP contribution in [-0.4, -0.2) is 59.6 Å². The van der Waals surface area contributed by atoms with Gasteiger partial charge in [-0.25, -0.2) is 20.5 Å². The van der Waals surface area contributed by atoms with Crippen LogP contribution in [0.5, 0.6) is 11.6 Å². The Balaban J connectivity index is 1.43. The smallest absolute Gasteiger partial charge is 0.241 e. The topological polar surface area (TPSA) is 141 Å². The Bertz CT molecular complexity index is 1470. The van der Waals surface area contributed by atoms with Gasteiger partial charge in [-0.05, 0) is 53.1 Å². The van der Waals surface area contributed by atoms with E-state index >= 15 is 0 Å². The average Bonchev–Trinajstić information content (AvgIpc) is 2.88. The lowest BCUT2D eigenvalue weighted by atomic mass is 9.91. The van der Waals surface area contributed by atoms with Gasteiger partial charge in [0.05, 0.1) is 36.9 Å². The molecule has 4 heterocycles. The van der Waals surface area contributed by atoms with Gasteiger partial charge in [-0.15, -0.1) is 0 Å². The number of pyridine rings is 1. The number of hydrogen-bond acceptors (Lipinski definition) is 11. The Morgan fingerprint density at radius 2 is 2.03 bits per heavy atom. The van der Waals surface area contributed by atoms with Crippen LogP contribution in [0.1, 0.15) is 26.5 Å². The predicted octanol–water partition coefficient (Wildman–Crippen LogP) is 4.50. The molecular weight excluding hydrogens is 498 g/mol. The van der Waals surface area contributed by atoms with Crippen LogP contribution in [0.25, 0.3) is 11.1 Å². The van der Waals surface area contributed by atoms with Crippen molar-refractivity contribution in [3.63, 3.8) is 0 Å². The number of rotatable bonds is 7. The number of benzene rings is 1. The number of ether oxygens (including phenoxy) is 2. The number of amides is 1. The number of allylic oxidation sites excluding steroid dienone is 1. The van der Waals surface area contributed by atoms with Crippen molar-refractivity contribution < 1.29 is 14.3 Å². The molecule has 0 spiro atoms. The van der Waals surface area contributed by atoms with Crippen molar-refractivity contribution in [1.29, 1.82) is 5.53 Å². The highest BCUT2D eigenvalue weighted by molar-refractivity contribution is 5.96. The molecule has 2 aliphatic rings. The van der Waals surface area contributed by atoms with Gasteiger partial charge in [0.15, 0.2) is 0 Å². The lowest BCUT2D eigenvalue weighted by Crippen LogP contribution is -2.42. The van der Waals surface area contributed by atoms with Gasteiger partial charge >= 0.3 is 0 Å². The van der Waals surface area contributed by atoms with Gasteiger partial charge in [0, 0.05) is 34.8 Å². The zero-order valence-electron chi connectivity index (χ0n) is 22.6. The van der Waals surface area contributed by atoms with Gasteiger partial charge in [0.1, 0.15) is 23.6 Å². The zero-order chi connectivity index (χ0) is 27.7. The molecule has 1 amide bonds. The Morgan fingerprint density at radius 1 is 1.21 bits per heavy atom. The van der Waals surface area contributed by atoms with E-state index in [9.17, 15) is 4.79 Å². The molecule has 2 aromatic heterocycles. The molecule has 3 aromatic rings. The molecule has 3 N–H and O–H groups in total. The summed E-state index contributed by atoms with van der Waals surface area (Å²) < 4.78 is 12.0. The molecule has 2 aliphatic heterocycles. The monoisotopic (exact) mass is 529 g/mol. The molecular formula is C27H31N9O3. The number of carbonyl (C=O) groups is 1. The minimum absolute atomic E-state index is 0.0259. The molecule has 12 heteroatoms. The summed E-state index contributed by atoms with van der Waals surface area (Å²) in [6.07, 6.45) is 4.86. The first kappa shape index (κ1) is 26.0. The lowest BCUT2D eigenvalue weighted by Gasteiger charge is -2.34. The summed E-state index contributed by atoms with van der Waals surface area (Å²) in [6.45, 7) is 6.90. The van der Waals surface area contributed by atoms with E-state index < -0.39 is 5.60 Å². The number of hydrogen-bond donors (Lipinski definition) is 3. The van der Waals surface area contributed by atoms with Gasteiger partial charge in [-0.1, -0.05) is 0 Å². The molecule has 0 fully saturated rings. The minimum atomic E-state index is -0.723.